The van der Waals surface area contributed by atoms with Crippen LogP contribution >= 0.6 is 0 Å². The van der Waals surface area contributed by atoms with E-state index in [1.807, 2.05) is 6.92 Å². The predicted molar refractivity (Wildman–Crippen MR) is 36.7 cm³/mol. The highest BCUT2D eigenvalue weighted by Crippen LogP contribution is 2.19. The molecule has 1 unspecified atom stereocenters. The van der Waals surface area contributed by atoms with E-state index in [2.05, 4.69) is 19.9 Å². The number of nitrogens with one attached hydrogen (secondary N) is 1. The maximum atomic E-state index is 10.9. The zero-order valence-electron chi connectivity index (χ0n) is 6.19. The Morgan fingerprint density at radius 2 is 2.22 bits per heavy atom. The maximum Gasteiger partial charge on any atom is 0.101 e. The topological polar surface area (TPSA) is 27.5 Å². The van der Waals surface area contributed by atoms with Crippen molar-refractivity contribution in [2.45, 2.75) is 20.8 Å². The van der Waals surface area contributed by atoms with Gasteiger partial charge in [-0.3, -0.25) is 0 Å². The molecular formula is C7H13NO. The Balaban J connectivity index is 2.74. The van der Waals surface area contributed by atoms with E-state index in [4.69, 9.17) is 0 Å². The van der Waals surface area contributed by atoms with Crippen LogP contribution in [-0.4, -0.2) is 6.54 Å². The maximum absolute atomic E-state index is 10.9. The summed E-state index contributed by atoms with van der Waals surface area (Å²) >= 11 is 0. The van der Waals surface area contributed by atoms with Crippen molar-refractivity contribution in [1.82, 2.24) is 0 Å². The Morgan fingerprint density at radius 3 is 2.33 bits per heavy atom. The van der Waals surface area contributed by atoms with Crippen LogP contribution in [0.1, 0.15) is 20.8 Å². The monoisotopic (exact) mass is 127 g/mol. The molecule has 0 fully saturated rings. The van der Waals surface area contributed by atoms with Gasteiger partial charge in [-0.2, -0.15) is 0 Å². The Bertz CT molecular complexity index is 149. The Labute approximate surface area is 55.7 Å². The van der Waals surface area contributed by atoms with Gasteiger partial charge in [0, 0.05) is 12.3 Å². The lowest BCUT2D eigenvalue weighted by Crippen LogP contribution is -3.04. The summed E-state index contributed by atoms with van der Waals surface area (Å²) in [6, 6.07) is 0. The molecule has 0 saturated heterocycles. The smallest absolute Gasteiger partial charge is 0.101 e. The van der Waals surface area contributed by atoms with Crippen molar-refractivity contribution in [2.75, 3.05) is 6.54 Å². The molecule has 2 nitrogen and oxygen atoms in total. The average Bonchev–Trinajstić information content (AvgIpc) is 1.79. The Hall–Kier alpha value is -0.340. The Morgan fingerprint density at radius 1 is 1.67 bits per heavy atom. The largest absolute Gasteiger partial charge is 0.629 e. The third-order valence-corrected chi connectivity index (χ3v) is 1.66. The van der Waals surface area contributed by atoms with Crippen molar-refractivity contribution in [3.05, 3.63) is 17.0 Å². The molecule has 1 rings (SSSR count). The molecule has 0 aromatic rings. The summed E-state index contributed by atoms with van der Waals surface area (Å²) in [4.78, 5) is 0. The summed E-state index contributed by atoms with van der Waals surface area (Å²) in [6.45, 7) is 6.75. The highest BCUT2D eigenvalue weighted by molar-refractivity contribution is 5.02. The molecule has 1 aliphatic rings. The second-order valence-electron chi connectivity index (χ2n) is 3.42. The lowest BCUT2D eigenvalue weighted by Gasteiger charge is -2.20. The van der Waals surface area contributed by atoms with Crippen molar-refractivity contribution < 1.29 is 5.06 Å². The van der Waals surface area contributed by atoms with Crippen LogP contribution in [0.15, 0.2) is 11.8 Å². The molecule has 0 bridgehead atoms. The van der Waals surface area contributed by atoms with Gasteiger partial charge in [0.1, 0.15) is 5.70 Å². The molecule has 1 N–H and O–H groups in total. The van der Waals surface area contributed by atoms with E-state index in [9.17, 15) is 5.21 Å². The highest BCUT2D eigenvalue weighted by Gasteiger charge is 2.27. The third-order valence-electron chi connectivity index (χ3n) is 1.66. The van der Waals surface area contributed by atoms with E-state index in [0.717, 1.165) is 5.70 Å². The van der Waals surface area contributed by atoms with Crippen LogP contribution in [0.2, 0.25) is 0 Å². The van der Waals surface area contributed by atoms with Gasteiger partial charge in [-0.15, -0.1) is 0 Å². The summed E-state index contributed by atoms with van der Waals surface area (Å²) < 4.78 is 0. The van der Waals surface area contributed by atoms with Gasteiger partial charge in [0.15, 0.2) is 0 Å². The van der Waals surface area contributed by atoms with Gasteiger partial charge in [-0.1, -0.05) is 13.8 Å². The summed E-state index contributed by atoms with van der Waals surface area (Å²) in [5.74, 6) is 0. The van der Waals surface area contributed by atoms with Crippen LogP contribution in [0.3, 0.4) is 0 Å². The number of allylic oxidation sites excluding steroid dienone is 1. The van der Waals surface area contributed by atoms with Crippen molar-refractivity contribution in [3.63, 3.8) is 0 Å². The van der Waals surface area contributed by atoms with Crippen LogP contribution in [0.5, 0.6) is 0 Å². The first-order chi connectivity index (χ1) is 4.01. The van der Waals surface area contributed by atoms with Gasteiger partial charge in [0.2, 0.25) is 0 Å². The molecule has 0 aromatic carbocycles. The fraction of sp³-hybridized carbons (Fsp3) is 0.714. The number of hydrogen-bond acceptors (Lipinski definition) is 1. The standard InChI is InChI=1S/C7H13NO/c1-6-4-7(2,3)5-8(6)9/h4,8H,5H2,1-3H3. The zero-order valence-corrected chi connectivity index (χ0v) is 6.19. The van der Waals surface area contributed by atoms with Crippen molar-refractivity contribution in [2.24, 2.45) is 5.41 Å². The fourth-order valence-electron chi connectivity index (χ4n) is 1.27. The van der Waals surface area contributed by atoms with E-state index < -0.39 is 0 Å². The van der Waals surface area contributed by atoms with E-state index in [1.54, 1.807) is 0 Å². The second kappa shape index (κ2) is 1.82. The van der Waals surface area contributed by atoms with Gasteiger partial charge in [0.05, 0.1) is 6.54 Å². The SMILES string of the molecule is CC1=CC(C)(C)C[NH+]1[O-]. The van der Waals surface area contributed by atoms with Gasteiger partial charge >= 0.3 is 0 Å². The van der Waals surface area contributed by atoms with Crippen LogP contribution < -0.4 is 5.06 Å². The molecule has 52 valence electrons. The number of hydrogen-bond donors (Lipinski definition) is 1. The van der Waals surface area contributed by atoms with Crippen molar-refractivity contribution in [3.8, 4) is 0 Å². The van der Waals surface area contributed by atoms with Crippen LogP contribution in [0.25, 0.3) is 0 Å². The van der Waals surface area contributed by atoms with E-state index in [1.165, 1.54) is 0 Å². The molecule has 0 radical (unpaired) electrons. The van der Waals surface area contributed by atoms with Gasteiger partial charge in [-0.25, -0.2) is 0 Å². The summed E-state index contributed by atoms with van der Waals surface area (Å²) in [6.07, 6.45) is 2.05. The first kappa shape index (κ1) is 6.78. The molecule has 1 atom stereocenters. The number of quaternary nitrogens is 1. The molecule has 2 heteroatoms. The molecule has 0 saturated carbocycles. The van der Waals surface area contributed by atoms with Crippen LogP contribution in [0.4, 0.5) is 0 Å². The van der Waals surface area contributed by atoms with Crippen molar-refractivity contribution in [1.29, 1.82) is 0 Å². The highest BCUT2D eigenvalue weighted by atomic mass is 16.5. The zero-order chi connectivity index (χ0) is 7.07. The molecule has 0 aromatic heterocycles. The minimum Gasteiger partial charge on any atom is -0.629 e. The fourth-order valence-corrected chi connectivity index (χ4v) is 1.27. The normalized spacial score (nSPS) is 32.4. The lowest BCUT2D eigenvalue weighted by atomic mass is 9.96. The quantitative estimate of drug-likeness (QED) is 0.466. The lowest BCUT2D eigenvalue weighted by molar-refractivity contribution is -0.804. The molecular weight excluding hydrogens is 114 g/mol. The summed E-state index contributed by atoms with van der Waals surface area (Å²) in [5, 5.41) is 11.2. The van der Waals surface area contributed by atoms with Crippen LogP contribution in [-0.2, 0) is 0 Å². The second-order valence-corrected chi connectivity index (χ2v) is 3.42. The van der Waals surface area contributed by atoms with E-state index in [0.29, 0.717) is 11.6 Å². The Kier molecular flexibility index (Phi) is 1.37. The van der Waals surface area contributed by atoms with Gasteiger partial charge in [-0.05, 0) is 6.08 Å². The third kappa shape index (κ3) is 1.32. The minimum atomic E-state index is 0.126. The van der Waals surface area contributed by atoms with Crippen LogP contribution in [0, 0.1) is 10.6 Å². The molecule has 9 heavy (non-hydrogen) atoms. The van der Waals surface area contributed by atoms with E-state index >= 15 is 0 Å². The predicted octanol–water partition coefficient (Wildman–Crippen LogP) is 0.313. The molecule has 1 heterocycles. The minimum absolute atomic E-state index is 0.126. The van der Waals surface area contributed by atoms with Gasteiger partial charge < -0.3 is 10.3 Å². The van der Waals surface area contributed by atoms with Crippen molar-refractivity contribution >= 4 is 0 Å². The van der Waals surface area contributed by atoms with E-state index in [-0.39, 0.29) is 5.41 Å². The average molecular weight is 127 g/mol. The molecule has 1 aliphatic heterocycles. The van der Waals surface area contributed by atoms with Gasteiger partial charge in [0.25, 0.3) is 0 Å². The summed E-state index contributed by atoms with van der Waals surface area (Å²) in [7, 11) is 0. The molecule has 0 spiro atoms. The molecule has 0 aliphatic carbocycles. The number of rotatable bonds is 0. The molecule has 0 amide bonds. The summed E-state index contributed by atoms with van der Waals surface area (Å²) in [5.41, 5.74) is 1.06. The first-order valence-corrected chi connectivity index (χ1v) is 3.24. The first-order valence-electron chi connectivity index (χ1n) is 3.24. The number of hydroxylamine groups is 2.